The molecule has 6 heteroatoms. The molecule has 2 aliphatic rings. The summed E-state index contributed by atoms with van der Waals surface area (Å²) in [6.45, 7) is -0.994. The number of rotatable bonds is 6. The van der Waals surface area contributed by atoms with Gasteiger partial charge in [0.05, 0.1) is 6.04 Å². The van der Waals surface area contributed by atoms with Crippen molar-refractivity contribution in [3.05, 3.63) is 29.8 Å². The van der Waals surface area contributed by atoms with Gasteiger partial charge in [0, 0.05) is 18.5 Å². The van der Waals surface area contributed by atoms with Gasteiger partial charge in [0.15, 0.2) is 0 Å². The van der Waals surface area contributed by atoms with E-state index in [2.05, 4.69) is 15.4 Å². The molecule has 1 amide bonds. The fourth-order valence-corrected chi connectivity index (χ4v) is 3.95. The number of carbonyl (C=O) groups excluding carboxylic acids is 1. The lowest BCUT2D eigenvalue weighted by atomic mass is 9.89. The van der Waals surface area contributed by atoms with E-state index < -0.39 is 6.61 Å². The van der Waals surface area contributed by atoms with Crippen LogP contribution in [0.15, 0.2) is 24.3 Å². The molecule has 2 fully saturated rings. The minimum absolute atomic E-state index is 0.0222. The lowest BCUT2D eigenvalue weighted by molar-refractivity contribution is -0.122. The van der Waals surface area contributed by atoms with Crippen LogP contribution >= 0.6 is 0 Å². The van der Waals surface area contributed by atoms with Crippen molar-refractivity contribution in [1.82, 2.24) is 10.6 Å². The number of nitrogens with one attached hydrogen (secondary N) is 2. The molecular weight excluding hydrogens is 314 g/mol. The molecule has 0 aromatic heterocycles. The molecule has 24 heavy (non-hydrogen) atoms. The molecule has 2 bridgehead atoms. The van der Waals surface area contributed by atoms with Crippen molar-refractivity contribution in [3.63, 3.8) is 0 Å². The van der Waals surface area contributed by atoms with E-state index in [4.69, 9.17) is 0 Å². The molecular formula is C18H24F2N2O2. The van der Waals surface area contributed by atoms with Crippen molar-refractivity contribution >= 4 is 5.91 Å². The highest BCUT2D eigenvalue weighted by Gasteiger charge is 2.34. The first-order valence-electron chi connectivity index (χ1n) is 8.60. The molecule has 0 saturated carbocycles. The van der Waals surface area contributed by atoms with Crippen LogP contribution < -0.4 is 15.4 Å². The summed E-state index contributed by atoms with van der Waals surface area (Å²) in [5, 5.41) is 6.55. The van der Waals surface area contributed by atoms with Gasteiger partial charge in [-0.15, -0.1) is 0 Å². The monoisotopic (exact) mass is 338 g/mol. The summed E-state index contributed by atoms with van der Waals surface area (Å²) in [5.74, 6) is 0.567. The Kier molecular flexibility index (Phi) is 5.33. The second-order valence-electron chi connectivity index (χ2n) is 6.92. The molecule has 2 saturated heterocycles. The summed E-state index contributed by atoms with van der Waals surface area (Å²) in [6.07, 6.45) is 5.10. The highest BCUT2D eigenvalue weighted by atomic mass is 19.3. The molecule has 0 spiro atoms. The van der Waals surface area contributed by atoms with Gasteiger partial charge in [-0.05, 0) is 56.2 Å². The lowest BCUT2D eigenvalue weighted by Gasteiger charge is -2.29. The smallest absolute Gasteiger partial charge is 0.387 e. The van der Waals surface area contributed by atoms with Crippen molar-refractivity contribution in [2.24, 2.45) is 5.92 Å². The maximum atomic E-state index is 12.3. The van der Waals surface area contributed by atoms with Crippen molar-refractivity contribution < 1.29 is 18.3 Å². The van der Waals surface area contributed by atoms with Gasteiger partial charge in [0.25, 0.3) is 0 Å². The van der Waals surface area contributed by atoms with Gasteiger partial charge < -0.3 is 15.4 Å². The number of amides is 1. The molecule has 2 heterocycles. The predicted octanol–water partition coefficient (Wildman–Crippen LogP) is 3.39. The fraction of sp³-hybridized carbons (Fsp3) is 0.611. The van der Waals surface area contributed by atoms with E-state index in [0.717, 1.165) is 18.4 Å². The van der Waals surface area contributed by atoms with Gasteiger partial charge in [-0.3, -0.25) is 4.79 Å². The van der Waals surface area contributed by atoms with E-state index >= 15 is 0 Å². The van der Waals surface area contributed by atoms with Gasteiger partial charge >= 0.3 is 6.61 Å². The van der Waals surface area contributed by atoms with E-state index in [1.165, 1.54) is 18.9 Å². The first-order chi connectivity index (χ1) is 11.5. The molecule has 3 unspecified atom stereocenters. The second kappa shape index (κ2) is 7.47. The highest BCUT2D eigenvalue weighted by Crippen LogP contribution is 2.32. The second-order valence-corrected chi connectivity index (χ2v) is 6.92. The average Bonchev–Trinajstić information content (AvgIpc) is 2.85. The Hall–Kier alpha value is -1.69. The Morgan fingerprint density at radius 1 is 1.33 bits per heavy atom. The Morgan fingerprint density at radius 3 is 2.71 bits per heavy atom. The Bertz CT molecular complexity index is 570. The topological polar surface area (TPSA) is 50.4 Å². The zero-order valence-corrected chi connectivity index (χ0v) is 13.8. The molecule has 0 aliphatic carbocycles. The third-order valence-electron chi connectivity index (χ3n) is 5.01. The predicted molar refractivity (Wildman–Crippen MR) is 86.9 cm³/mol. The van der Waals surface area contributed by atoms with Crippen molar-refractivity contribution in [2.45, 2.75) is 63.8 Å². The van der Waals surface area contributed by atoms with Gasteiger partial charge in [-0.25, -0.2) is 0 Å². The quantitative estimate of drug-likeness (QED) is 0.836. The van der Waals surface area contributed by atoms with E-state index in [1.807, 2.05) is 6.92 Å². The number of halogens is 2. The Labute approximate surface area is 141 Å². The molecule has 1 aromatic carbocycles. The number of ether oxygens (including phenoxy) is 1. The van der Waals surface area contributed by atoms with Crippen molar-refractivity contribution in [2.75, 3.05) is 0 Å². The molecule has 4 nitrogen and oxygen atoms in total. The Balaban J connectivity index is 1.52. The third kappa shape index (κ3) is 4.44. The molecule has 2 N–H and O–H groups in total. The maximum Gasteiger partial charge on any atom is 0.387 e. The number of hydrogen-bond acceptors (Lipinski definition) is 3. The lowest BCUT2D eigenvalue weighted by Crippen LogP contribution is -2.40. The third-order valence-corrected chi connectivity index (χ3v) is 5.01. The van der Waals surface area contributed by atoms with Crippen LogP contribution in [0.3, 0.4) is 0 Å². The number of carbonyl (C=O) groups is 1. The first kappa shape index (κ1) is 17.1. The molecule has 132 valence electrons. The molecule has 3 rings (SSSR count). The van der Waals surface area contributed by atoms with Crippen LogP contribution in [-0.2, 0) is 4.79 Å². The summed E-state index contributed by atoms with van der Waals surface area (Å²) in [5.41, 5.74) is 0.756. The van der Waals surface area contributed by atoms with E-state index in [1.54, 1.807) is 18.2 Å². The minimum atomic E-state index is -2.85. The summed E-state index contributed by atoms with van der Waals surface area (Å²) in [4.78, 5) is 12.3. The van der Waals surface area contributed by atoms with Gasteiger partial charge in [0.2, 0.25) is 5.91 Å². The largest absolute Gasteiger partial charge is 0.435 e. The van der Waals surface area contributed by atoms with Gasteiger partial charge in [-0.1, -0.05) is 12.1 Å². The zero-order valence-electron chi connectivity index (χ0n) is 13.8. The number of alkyl halides is 2. The van der Waals surface area contributed by atoms with Crippen molar-refractivity contribution in [3.8, 4) is 5.75 Å². The number of benzene rings is 1. The van der Waals surface area contributed by atoms with Crippen LogP contribution in [-0.4, -0.2) is 24.6 Å². The summed E-state index contributed by atoms with van der Waals surface area (Å²) >= 11 is 0. The summed E-state index contributed by atoms with van der Waals surface area (Å²) < 4.78 is 29.0. The van der Waals surface area contributed by atoms with Gasteiger partial charge in [0.1, 0.15) is 5.75 Å². The fourth-order valence-electron chi connectivity index (χ4n) is 3.95. The van der Waals surface area contributed by atoms with E-state index in [9.17, 15) is 13.6 Å². The van der Waals surface area contributed by atoms with Gasteiger partial charge in [-0.2, -0.15) is 8.78 Å². The highest BCUT2D eigenvalue weighted by molar-refractivity contribution is 5.76. The van der Waals surface area contributed by atoms with Crippen molar-refractivity contribution in [1.29, 1.82) is 0 Å². The Morgan fingerprint density at radius 2 is 2.04 bits per heavy atom. The first-order valence-corrected chi connectivity index (χ1v) is 8.60. The number of piperidine rings is 1. The minimum Gasteiger partial charge on any atom is -0.435 e. The van der Waals surface area contributed by atoms with Crippen LogP contribution in [0.1, 0.15) is 50.6 Å². The average molecular weight is 338 g/mol. The normalized spacial score (nSPS) is 27.1. The summed E-state index contributed by atoms with van der Waals surface area (Å²) in [7, 11) is 0. The SMILES string of the molecule is CC(NC(=O)CC1CC2CCC(C1)N2)c1cccc(OC(F)F)c1. The molecule has 0 radical (unpaired) electrons. The van der Waals surface area contributed by atoms with Crippen LogP contribution in [0.4, 0.5) is 8.78 Å². The number of hydrogen-bond donors (Lipinski definition) is 2. The molecule has 1 aromatic rings. The van der Waals surface area contributed by atoms with E-state index in [0.29, 0.717) is 24.4 Å². The zero-order chi connectivity index (χ0) is 17.1. The molecule has 2 aliphatic heterocycles. The van der Waals surface area contributed by atoms with Crippen LogP contribution in [0, 0.1) is 5.92 Å². The van der Waals surface area contributed by atoms with Crippen LogP contribution in [0.5, 0.6) is 5.75 Å². The number of fused-ring (bicyclic) bond motifs is 2. The maximum absolute atomic E-state index is 12.3. The van der Waals surface area contributed by atoms with E-state index in [-0.39, 0.29) is 17.7 Å². The molecule has 3 atom stereocenters. The van der Waals surface area contributed by atoms with Crippen LogP contribution in [0.2, 0.25) is 0 Å². The standard InChI is InChI=1S/C18H24F2N2O2/c1-11(13-3-2-4-16(10-13)24-18(19)20)21-17(23)9-12-7-14-5-6-15(8-12)22-14/h2-4,10-12,14-15,18,22H,5-9H2,1H3,(H,21,23). The summed E-state index contributed by atoms with van der Waals surface area (Å²) in [6, 6.07) is 7.38. The van der Waals surface area contributed by atoms with Crippen LogP contribution in [0.25, 0.3) is 0 Å².